The van der Waals surface area contributed by atoms with Gasteiger partial charge in [0.05, 0.1) is 5.69 Å². The maximum Gasteiger partial charge on any atom is 0.136 e. The predicted molar refractivity (Wildman–Crippen MR) is 237 cm³/mol. The van der Waals surface area contributed by atoms with Crippen LogP contribution in [-0.2, 0) is 0 Å². The first-order valence-corrected chi connectivity index (χ1v) is 19.2. The van der Waals surface area contributed by atoms with Gasteiger partial charge >= 0.3 is 0 Å². The second-order valence-electron chi connectivity index (χ2n) is 14.5. The van der Waals surface area contributed by atoms with Gasteiger partial charge in [0.2, 0.25) is 0 Å². The van der Waals surface area contributed by atoms with E-state index in [4.69, 9.17) is 4.42 Å². The fourth-order valence-electron chi connectivity index (χ4n) is 8.48. The second kappa shape index (κ2) is 13.2. The van der Waals surface area contributed by atoms with Crippen LogP contribution in [0.4, 0.5) is 17.1 Å². The first-order valence-electron chi connectivity index (χ1n) is 19.2. The smallest absolute Gasteiger partial charge is 0.136 e. The molecule has 0 unspecified atom stereocenters. The van der Waals surface area contributed by atoms with Crippen molar-refractivity contribution in [3.63, 3.8) is 0 Å². The predicted octanol–water partition coefficient (Wildman–Crippen LogP) is 15.5. The quantitative estimate of drug-likeness (QED) is 0.160. The number of hydrogen-bond donors (Lipinski definition) is 0. The van der Waals surface area contributed by atoms with Crippen LogP contribution in [0, 0.1) is 0 Å². The van der Waals surface area contributed by atoms with Crippen molar-refractivity contribution in [2.24, 2.45) is 0 Å². The molecule has 56 heavy (non-hydrogen) atoms. The van der Waals surface area contributed by atoms with E-state index in [2.05, 4.69) is 217 Å². The summed E-state index contributed by atoms with van der Waals surface area (Å²) >= 11 is 0. The van der Waals surface area contributed by atoms with Crippen molar-refractivity contribution in [2.45, 2.75) is 0 Å². The van der Waals surface area contributed by atoms with Crippen molar-refractivity contribution in [2.75, 3.05) is 4.90 Å². The number of furan rings is 1. The van der Waals surface area contributed by atoms with Gasteiger partial charge in [-0.3, -0.25) is 0 Å². The number of hydrogen-bond acceptors (Lipinski definition) is 2. The molecule has 1 aromatic heterocycles. The van der Waals surface area contributed by atoms with Gasteiger partial charge in [-0.2, -0.15) is 0 Å². The molecule has 0 saturated heterocycles. The highest BCUT2D eigenvalue weighted by atomic mass is 16.3. The van der Waals surface area contributed by atoms with E-state index >= 15 is 0 Å². The minimum atomic E-state index is 0.892. The summed E-state index contributed by atoms with van der Waals surface area (Å²) in [5.41, 5.74) is 12.1. The van der Waals surface area contributed by atoms with Gasteiger partial charge in [-0.25, -0.2) is 0 Å². The maximum absolute atomic E-state index is 6.40. The second-order valence-corrected chi connectivity index (χ2v) is 14.5. The summed E-state index contributed by atoms with van der Waals surface area (Å²) in [6, 6.07) is 76.5. The average molecular weight is 714 g/mol. The van der Waals surface area contributed by atoms with Gasteiger partial charge in [0.1, 0.15) is 11.2 Å². The molecule has 0 atom stereocenters. The highest BCUT2D eigenvalue weighted by Crippen LogP contribution is 2.44. The van der Waals surface area contributed by atoms with E-state index < -0.39 is 0 Å². The average Bonchev–Trinajstić information content (AvgIpc) is 3.66. The van der Waals surface area contributed by atoms with Crippen LogP contribution in [0.1, 0.15) is 0 Å². The molecule has 1 heterocycles. The van der Waals surface area contributed by atoms with Crippen LogP contribution in [0.5, 0.6) is 0 Å². The van der Waals surface area contributed by atoms with Crippen molar-refractivity contribution < 1.29 is 4.42 Å². The first-order chi connectivity index (χ1) is 27.7. The molecule has 0 saturated carbocycles. The zero-order valence-electron chi connectivity index (χ0n) is 30.6. The van der Waals surface area contributed by atoms with Gasteiger partial charge in [-0.1, -0.05) is 158 Å². The molecule has 0 aliphatic heterocycles. The van der Waals surface area contributed by atoms with Gasteiger partial charge in [0.25, 0.3) is 0 Å². The summed E-state index contributed by atoms with van der Waals surface area (Å²) in [6.45, 7) is 0. The summed E-state index contributed by atoms with van der Waals surface area (Å²) in [6.07, 6.45) is 0. The number of anilines is 3. The van der Waals surface area contributed by atoms with Crippen molar-refractivity contribution in [3.05, 3.63) is 212 Å². The van der Waals surface area contributed by atoms with Crippen molar-refractivity contribution in [1.82, 2.24) is 0 Å². The van der Waals surface area contributed by atoms with Gasteiger partial charge < -0.3 is 9.32 Å². The summed E-state index contributed by atoms with van der Waals surface area (Å²) in [5.74, 6) is 0. The van der Waals surface area contributed by atoms with E-state index in [0.717, 1.165) is 50.1 Å². The van der Waals surface area contributed by atoms with E-state index in [1.807, 2.05) is 0 Å². The highest BCUT2D eigenvalue weighted by Gasteiger charge is 2.19. The maximum atomic E-state index is 6.40. The van der Waals surface area contributed by atoms with Gasteiger partial charge in [-0.05, 0) is 115 Å². The van der Waals surface area contributed by atoms with Crippen LogP contribution in [0.2, 0.25) is 0 Å². The van der Waals surface area contributed by atoms with Crippen molar-refractivity contribution >= 4 is 71.3 Å². The molecule has 11 rings (SSSR count). The van der Waals surface area contributed by atoms with E-state index in [1.54, 1.807) is 0 Å². The Morgan fingerprint density at radius 3 is 1.62 bits per heavy atom. The van der Waals surface area contributed by atoms with Crippen molar-refractivity contribution in [1.29, 1.82) is 0 Å². The lowest BCUT2D eigenvalue weighted by Crippen LogP contribution is -2.11. The lowest BCUT2D eigenvalue weighted by Gasteiger charge is -2.28. The minimum absolute atomic E-state index is 0.892. The molecule has 0 aliphatic carbocycles. The molecule has 0 fully saturated rings. The standard InChI is InChI=1S/C54H35NO/c1-2-10-36(11-3-1)37-20-27-44(28-21-37)55(45-29-22-38(23-30-45)41-24-31-47-42(34-41)19-18-39-12-4-6-14-46(39)47)51-17-9-8-15-48(51)43-26-32-52-50(35-43)54-49-16-7-5-13-40(49)25-33-53(54)56-52/h1-35H. The molecule has 0 bridgehead atoms. The number of benzene rings is 10. The third kappa shape index (κ3) is 5.42. The molecule has 0 N–H and O–H groups in total. The summed E-state index contributed by atoms with van der Waals surface area (Å²) in [7, 11) is 0. The number of fused-ring (bicyclic) bond motifs is 8. The van der Waals surface area contributed by atoms with E-state index in [0.29, 0.717) is 0 Å². The molecule has 0 radical (unpaired) electrons. The molecule has 262 valence electrons. The minimum Gasteiger partial charge on any atom is -0.456 e. The number of rotatable bonds is 6. The summed E-state index contributed by atoms with van der Waals surface area (Å²) in [5, 5.41) is 9.76. The zero-order chi connectivity index (χ0) is 37.0. The van der Waals surface area contributed by atoms with Gasteiger partial charge in [0.15, 0.2) is 0 Å². The van der Waals surface area contributed by atoms with Crippen LogP contribution < -0.4 is 4.90 Å². The molecule has 0 amide bonds. The van der Waals surface area contributed by atoms with Gasteiger partial charge in [0, 0.05) is 27.7 Å². The normalized spacial score (nSPS) is 11.6. The zero-order valence-corrected chi connectivity index (χ0v) is 30.6. The Hall–Kier alpha value is -7.42. The Kier molecular flexibility index (Phi) is 7.53. The Labute approximate surface area is 325 Å². The Balaban J connectivity index is 1.04. The summed E-state index contributed by atoms with van der Waals surface area (Å²) in [4.78, 5) is 2.38. The van der Waals surface area contributed by atoms with Crippen LogP contribution in [-0.4, -0.2) is 0 Å². The SMILES string of the molecule is c1ccc(-c2ccc(N(c3ccc(-c4ccc5c(ccc6ccccc65)c4)cc3)c3ccccc3-c3ccc4oc5ccc6ccccc6c5c4c3)cc2)cc1. The molecule has 2 heteroatoms. The third-order valence-electron chi connectivity index (χ3n) is 11.3. The van der Waals surface area contributed by atoms with E-state index in [1.165, 1.54) is 54.6 Å². The lowest BCUT2D eigenvalue weighted by atomic mass is 9.97. The molecule has 11 aromatic rings. The molecule has 0 aliphatic rings. The van der Waals surface area contributed by atoms with E-state index in [9.17, 15) is 0 Å². The Morgan fingerprint density at radius 1 is 0.304 bits per heavy atom. The monoisotopic (exact) mass is 713 g/mol. The number of para-hydroxylation sites is 1. The topological polar surface area (TPSA) is 16.4 Å². The summed E-state index contributed by atoms with van der Waals surface area (Å²) < 4.78 is 6.40. The fourth-order valence-corrected chi connectivity index (χ4v) is 8.48. The van der Waals surface area contributed by atoms with Crippen LogP contribution >= 0.6 is 0 Å². The molecule has 10 aromatic carbocycles. The van der Waals surface area contributed by atoms with Crippen molar-refractivity contribution in [3.8, 4) is 33.4 Å². The number of nitrogens with zero attached hydrogens (tertiary/aromatic N) is 1. The first kappa shape index (κ1) is 32.0. The fraction of sp³-hybridized carbons (Fsp3) is 0. The molecular formula is C54H35NO. The molecular weight excluding hydrogens is 679 g/mol. The van der Waals surface area contributed by atoms with Crippen LogP contribution in [0.15, 0.2) is 217 Å². The Bertz CT molecular complexity index is 3230. The largest absolute Gasteiger partial charge is 0.456 e. The lowest BCUT2D eigenvalue weighted by molar-refractivity contribution is 0.669. The Morgan fingerprint density at radius 2 is 0.839 bits per heavy atom. The molecule has 2 nitrogen and oxygen atoms in total. The third-order valence-corrected chi connectivity index (χ3v) is 11.3. The molecule has 0 spiro atoms. The van der Waals surface area contributed by atoms with Gasteiger partial charge in [-0.15, -0.1) is 0 Å². The van der Waals surface area contributed by atoms with Crippen LogP contribution in [0.25, 0.3) is 87.6 Å². The highest BCUT2D eigenvalue weighted by molar-refractivity contribution is 6.19. The van der Waals surface area contributed by atoms with Crippen LogP contribution in [0.3, 0.4) is 0 Å². The van der Waals surface area contributed by atoms with E-state index in [-0.39, 0.29) is 0 Å².